The number of carbonyl (C=O) groups is 1. The van der Waals surface area contributed by atoms with Crippen LogP contribution in [0.2, 0.25) is 0 Å². The van der Waals surface area contributed by atoms with Crippen LogP contribution in [0, 0.1) is 0 Å². The summed E-state index contributed by atoms with van der Waals surface area (Å²) >= 11 is 0. The molecule has 0 aliphatic rings. The van der Waals surface area contributed by atoms with Gasteiger partial charge in [0.25, 0.3) is 0 Å². The Labute approximate surface area is 210 Å². The van der Waals surface area contributed by atoms with E-state index in [1.165, 1.54) is 148 Å². The van der Waals surface area contributed by atoms with Crippen molar-refractivity contribution in [1.82, 2.24) is 4.90 Å². The van der Waals surface area contributed by atoms with E-state index in [0.717, 1.165) is 25.9 Å². The molecule has 0 fully saturated rings. The Hall–Kier alpha value is -0.530. The van der Waals surface area contributed by atoms with Gasteiger partial charge in [0.2, 0.25) is 5.91 Å². The molecule has 0 aromatic carbocycles. The lowest BCUT2D eigenvalue weighted by molar-refractivity contribution is -0.131. The Balaban J connectivity index is 3.93. The maximum absolute atomic E-state index is 12.8. The molecular formula is C31H63NO. The standard InChI is InChI=1S/C31H63NO/c1-4-7-10-13-15-17-19-21-23-26-29-32(31(33)28-25-12-9-6-3)30-27-24-22-20-18-16-14-11-8-5-2/h4-30H2,1-3H3. The van der Waals surface area contributed by atoms with Gasteiger partial charge >= 0.3 is 0 Å². The third-order valence-electron chi connectivity index (χ3n) is 7.16. The van der Waals surface area contributed by atoms with Crippen LogP contribution in [0.1, 0.15) is 181 Å². The van der Waals surface area contributed by atoms with E-state index in [-0.39, 0.29) is 0 Å². The number of carbonyl (C=O) groups excluding carboxylic acids is 1. The molecule has 0 aromatic rings. The second kappa shape index (κ2) is 27.7. The number of hydrogen-bond acceptors (Lipinski definition) is 1. The van der Waals surface area contributed by atoms with Gasteiger partial charge in [0.05, 0.1) is 0 Å². The molecule has 0 aromatic heterocycles. The molecule has 0 bridgehead atoms. The van der Waals surface area contributed by atoms with Gasteiger partial charge in [-0.05, 0) is 19.3 Å². The Morgan fingerprint density at radius 2 is 0.667 bits per heavy atom. The van der Waals surface area contributed by atoms with Crippen molar-refractivity contribution in [2.24, 2.45) is 0 Å². The van der Waals surface area contributed by atoms with E-state index in [1.807, 2.05) is 0 Å². The molecule has 0 unspecified atom stereocenters. The predicted octanol–water partition coefficient (Wildman–Crippen LogP) is 10.6. The maximum atomic E-state index is 12.8. The van der Waals surface area contributed by atoms with Crippen molar-refractivity contribution in [3.63, 3.8) is 0 Å². The molecule has 0 saturated heterocycles. The number of nitrogens with zero attached hydrogens (tertiary/aromatic N) is 1. The first-order chi connectivity index (χ1) is 16.3. The summed E-state index contributed by atoms with van der Waals surface area (Å²) in [5.41, 5.74) is 0. The predicted molar refractivity (Wildman–Crippen MR) is 149 cm³/mol. The monoisotopic (exact) mass is 465 g/mol. The van der Waals surface area contributed by atoms with Gasteiger partial charge < -0.3 is 4.90 Å². The van der Waals surface area contributed by atoms with Crippen molar-refractivity contribution in [3.05, 3.63) is 0 Å². The van der Waals surface area contributed by atoms with Gasteiger partial charge in [0.1, 0.15) is 0 Å². The van der Waals surface area contributed by atoms with E-state index in [0.29, 0.717) is 5.91 Å². The molecule has 1 amide bonds. The summed E-state index contributed by atoms with van der Waals surface area (Å²) in [5.74, 6) is 0.429. The van der Waals surface area contributed by atoms with Crippen LogP contribution >= 0.6 is 0 Å². The molecule has 33 heavy (non-hydrogen) atoms. The Kier molecular flexibility index (Phi) is 27.3. The maximum Gasteiger partial charge on any atom is 0.222 e. The number of unbranched alkanes of at least 4 members (excludes halogenated alkanes) is 21. The fourth-order valence-corrected chi connectivity index (χ4v) is 4.80. The first-order valence-electron chi connectivity index (χ1n) is 15.5. The largest absolute Gasteiger partial charge is 0.343 e. The fourth-order valence-electron chi connectivity index (χ4n) is 4.80. The molecule has 0 aliphatic heterocycles. The van der Waals surface area contributed by atoms with Crippen LogP contribution in [0.3, 0.4) is 0 Å². The zero-order valence-corrected chi connectivity index (χ0v) is 23.4. The molecule has 2 nitrogen and oxygen atoms in total. The van der Waals surface area contributed by atoms with E-state index in [1.54, 1.807) is 0 Å². The number of amides is 1. The summed E-state index contributed by atoms with van der Waals surface area (Å²) in [6.07, 6.45) is 32.9. The van der Waals surface area contributed by atoms with E-state index in [4.69, 9.17) is 0 Å². The average Bonchev–Trinajstić information content (AvgIpc) is 2.82. The van der Waals surface area contributed by atoms with Crippen LogP contribution in [0.4, 0.5) is 0 Å². The Morgan fingerprint density at radius 1 is 0.394 bits per heavy atom. The minimum atomic E-state index is 0.429. The van der Waals surface area contributed by atoms with Gasteiger partial charge in [0.15, 0.2) is 0 Å². The van der Waals surface area contributed by atoms with Crippen molar-refractivity contribution >= 4 is 5.91 Å². The summed E-state index contributed by atoms with van der Waals surface area (Å²) in [6, 6.07) is 0. The lowest BCUT2D eigenvalue weighted by atomic mass is 10.1. The van der Waals surface area contributed by atoms with Crippen molar-refractivity contribution in [3.8, 4) is 0 Å². The minimum absolute atomic E-state index is 0.429. The van der Waals surface area contributed by atoms with E-state index in [9.17, 15) is 4.79 Å². The molecule has 0 atom stereocenters. The quantitative estimate of drug-likeness (QED) is 0.110. The van der Waals surface area contributed by atoms with Crippen LogP contribution in [0.25, 0.3) is 0 Å². The Morgan fingerprint density at radius 3 is 1.00 bits per heavy atom. The van der Waals surface area contributed by atoms with Gasteiger partial charge in [-0.1, -0.05) is 156 Å². The van der Waals surface area contributed by atoms with Crippen molar-refractivity contribution in [2.45, 2.75) is 181 Å². The first-order valence-corrected chi connectivity index (χ1v) is 15.5. The molecule has 0 rings (SSSR count). The van der Waals surface area contributed by atoms with Crippen molar-refractivity contribution in [2.75, 3.05) is 13.1 Å². The highest BCUT2D eigenvalue weighted by atomic mass is 16.2. The number of rotatable bonds is 27. The first kappa shape index (κ1) is 32.5. The van der Waals surface area contributed by atoms with Gasteiger partial charge in [0, 0.05) is 19.5 Å². The van der Waals surface area contributed by atoms with Gasteiger partial charge in [-0.15, -0.1) is 0 Å². The average molecular weight is 466 g/mol. The smallest absolute Gasteiger partial charge is 0.222 e. The van der Waals surface area contributed by atoms with Crippen LogP contribution in [-0.2, 0) is 4.79 Å². The molecule has 0 heterocycles. The normalized spacial score (nSPS) is 11.2. The molecular weight excluding hydrogens is 402 g/mol. The summed E-state index contributed by atoms with van der Waals surface area (Å²) in [5, 5.41) is 0. The van der Waals surface area contributed by atoms with Gasteiger partial charge in [-0.2, -0.15) is 0 Å². The van der Waals surface area contributed by atoms with Crippen LogP contribution in [0.5, 0.6) is 0 Å². The third-order valence-corrected chi connectivity index (χ3v) is 7.16. The van der Waals surface area contributed by atoms with E-state index in [2.05, 4.69) is 25.7 Å². The lowest BCUT2D eigenvalue weighted by Crippen LogP contribution is -2.32. The van der Waals surface area contributed by atoms with Crippen LogP contribution < -0.4 is 0 Å². The van der Waals surface area contributed by atoms with Crippen molar-refractivity contribution in [1.29, 1.82) is 0 Å². The zero-order valence-electron chi connectivity index (χ0n) is 23.4. The SMILES string of the molecule is CCCCCCCCCCCCN(CCCCCCCCCCCC)C(=O)CCCCCC. The van der Waals surface area contributed by atoms with Crippen LogP contribution in [-0.4, -0.2) is 23.9 Å². The molecule has 0 saturated carbocycles. The topological polar surface area (TPSA) is 20.3 Å². The molecule has 0 aliphatic carbocycles. The van der Waals surface area contributed by atoms with Crippen molar-refractivity contribution < 1.29 is 4.79 Å². The highest BCUT2D eigenvalue weighted by Crippen LogP contribution is 2.14. The van der Waals surface area contributed by atoms with E-state index >= 15 is 0 Å². The molecule has 0 radical (unpaired) electrons. The molecule has 0 N–H and O–H groups in total. The Bertz CT molecular complexity index is 357. The molecule has 0 spiro atoms. The highest BCUT2D eigenvalue weighted by Gasteiger charge is 2.12. The zero-order chi connectivity index (χ0) is 24.2. The van der Waals surface area contributed by atoms with Crippen LogP contribution in [0.15, 0.2) is 0 Å². The van der Waals surface area contributed by atoms with Gasteiger partial charge in [-0.3, -0.25) is 4.79 Å². The summed E-state index contributed by atoms with van der Waals surface area (Å²) < 4.78 is 0. The van der Waals surface area contributed by atoms with E-state index < -0.39 is 0 Å². The summed E-state index contributed by atoms with van der Waals surface area (Å²) in [4.78, 5) is 15.0. The summed E-state index contributed by atoms with van der Waals surface area (Å²) in [7, 11) is 0. The molecule has 198 valence electrons. The molecule has 2 heteroatoms. The summed E-state index contributed by atoms with van der Waals surface area (Å²) in [6.45, 7) is 8.82. The minimum Gasteiger partial charge on any atom is -0.343 e. The number of hydrogen-bond donors (Lipinski definition) is 0. The second-order valence-corrected chi connectivity index (χ2v) is 10.6. The third kappa shape index (κ3) is 24.4. The van der Waals surface area contributed by atoms with Gasteiger partial charge in [-0.25, -0.2) is 0 Å². The lowest BCUT2D eigenvalue weighted by Gasteiger charge is -2.23. The highest BCUT2D eigenvalue weighted by molar-refractivity contribution is 5.76. The second-order valence-electron chi connectivity index (χ2n) is 10.6. The fraction of sp³-hybridized carbons (Fsp3) is 0.968.